The standard InChI is InChI=1S/C17H25N3OS.2ClH/c1-19(17(21)16-12-22-13-18-16)15-7-9-20(10-8-15)11-14-5-3-2-4-6-14;;/h2-6,15-16,18H,7-13H2,1H3;2*1H. The number of carbonyl (C=O) groups is 1. The van der Waals surface area contributed by atoms with Crippen LogP contribution in [0.3, 0.4) is 0 Å². The highest BCUT2D eigenvalue weighted by Crippen LogP contribution is 2.20. The molecule has 136 valence electrons. The zero-order valence-corrected chi connectivity index (χ0v) is 16.5. The smallest absolute Gasteiger partial charge is 0.240 e. The van der Waals surface area contributed by atoms with Crippen molar-refractivity contribution in [2.24, 2.45) is 0 Å². The van der Waals surface area contributed by atoms with E-state index in [0.717, 1.165) is 44.1 Å². The fourth-order valence-corrected chi connectivity index (χ4v) is 4.22. The molecule has 0 saturated carbocycles. The normalized spacial score (nSPS) is 21.6. The molecule has 1 N–H and O–H groups in total. The molecule has 2 saturated heterocycles. The molecule has 2 aliphatic heterocycles. The molecule has 1 atom stereocenters. The summed E-state index contributed by atoms with van der Waals surface area (Å²) in [7, 11) is 1.98. The fourth-order valence-electron chi connectivity index (χ4n) is 3.29. The lowest BCUT2D eigenvalue weighted by molar-refractivity contribution is -0.134. The number of benzene rings is 1. The predicted molar refractivity (Wildman–Crippen MR) is 106 cm³/mol. The van der Waals surface area contributed by atoms with Gasteiger partial charge in [-0.05, 0) is 18.4 Å². The van der Waals surface area contributed by atoms with Gasteiger partial charge in [0.2, 0.25) is 5.91 Å². The van der Waals surface area contributed by atoms with E-state index < -0.39 is 0 Å². The highest BCUT2D eigenvalue weighted by molar-refractivity contribution is 7.99. The molecule has 0 spiro atoms. The van der Waals surface area contributed by atoms with Gasteiger partial charge in [0.25, 0.3) is 0 Å². The number of rotatable bonds is 4. The fraction of sp³-hybridized carbons (Fsp3) is 0.588. The van der Waals surface area contributed by atoms with E-state index in [9.17, 15) is 4.79 Å². The van der Waals surface area contributed by atoms with Crippen LogP contribution in [0.1, 0.15) is 18.4 Å². The Labute approximate surface area is 161 Å². The third kappa shape index (κ3) is 5.53. The first-order chi connectivity index (χ1) is 10.7. The molecule has 1 unspecified atom stereocenters. The van der Waals surface area contributed by atoms with E-state index in [2.05, 4.69) is 40.5 Å². The van der Waals surface area contributed by atoms with Crippen molar-refractivity contribution in [1.82, 2.24) is 15.1 Å². The number of piperidine rings is 1. The van der Waals surface area contributed by atoms with Gasteiger partial charge in [-0.3, -0.25) is 15.0 Å². The maximum atomic E-state index is 12.5. The van der Waals surface area contributed by atoms with Gasteiger partial charge in [-0.25, -0.2) is 0 Å². The highest BCUT2D eigenvalue weighted by atomic mass is 35.5. The van der Waals surface area contributed by atoms with Gasteiger partial charge in [0, 0.05) is 44.4 Å². The number of halogens is 2. The maximum Gasteiger partial charge on any atom is 0.240 e. The maximum absolute atomic E-state index is 12.5. The molecule has 2 heterocycles. The average molecular weight is 392 g/mol. The number of hydrogen-bond donors (Lipinski definition) is 1. The first-order valence-electron chi connectivity index (χ1n) is 8.08. The van der Waals surface area contributed by atoms with Crippen molar-refractivity contribution in [2.75, 3.05) is 31.8 Å². The summed E-state index contributed by atoms with van der Waals surface area (Å²) in [5, 5.41) is 3.28. The van der Waals surface area contributed by atoms with Crippen LogP contribution in [0.25, 0.3) is 0 Å². The second kappa shape index (κ2) is 10.5. The van der Waals surface area contributed by atoms with Crippen molar-refractivity contribution >= 4 is 42.5 Å². The SMILES string of the molecule is CN(C(=O)C1CSCN1)C1CCN(Cc2ccccc2)CC1.Cl.Cl. The van der Waals surface area contributed by atoms with Gasteiger partial charge in [-0.2, -0.15) is 0 Å². The van der Waals surface area contributed by atoms with Crippen LogP contribution >= 0.6 is 36.6 Å². The molecule has 1 aromatic rings. The number of hydrogen-bond acceptors (Lipinski definition) is 4. The Hall–Kier alpha value is -0.460. The van der Waals surface area contributed by atoms with E-state index in [0.29, 0.717) is 6.04 Å². The van der Waals surface area contributed by atoms with Gasteiger partial charge in [-0.1, -0.05) is 30.3 Å². The van der Waals surface area contributed by atoms with Crippen molar-refractivity contribution in [3.8, 4) is 0 Å². The molecule has 7 heteroatoms. The zero-order chi connectivity index (χ0) is 15.4. The summed E-state index contributed by atoms with van der Waals surface area (Å²) >= 11 is 1.81. The number of nitrogens with one attached hydrogen (secondary N) is 1. The number of nitrogens with zero attached hydrogens (tertiary/aromatic N) is 2. The van der Waals surface area contributed by atoms with Crippen molar-refractivity contribution in [3.05, 3.63) is 35.9 Å². The summed E-state index contributed by atoms with van der Waals surface area (Å²) < 4.78 is 0. The Morgan fingerprint density at radius 3 is 2.50 bits per heavy atom. The second-order valence-corrected chi connectivity index (χ2v) is 7.24. The zero-order valence-electron chi connectivity index (χ0n) is 14.0. The topological polar surface area (TPSA) is 35.6 Å². The summed E-state index contributed by atoms with van der Waals surface area (Å²) in [5.74, 6) is 2.09. The van der Waals surface area contributed by atoms with Gasteiger partial charge >= 0.3 is 0 Å². The molecule has 0 aromatic heterocycles. The van der Waals surface area contributed by atoms with Crippen LogP contribution in [-0.2, 0) is 11.3 Å². The molecule has 2 fully saturated rings. The van der Waals surface area contributed by atoms with Crippen LogP contribution in [0, 0.1) is 0 Å². The van der Waals surface area contributed by atoms with Gasteiger partial charge in [0.15, 0.2) is 0 Å². The Morgan fingerprint density at radius 1 is 1.25 bits per heavy atom. The number of amides is 1. The number of thioether (sulfide) groups is 1. The average Bonchev–Trinajstić information content (AvgIpc) is 3.10. The van der Waals surface area contributed by atoms with E-state index in [1.165, 1.54) is 5.56 Å². The van der Waals surface area contributed by atoms with Gasteiger partial charge in [0.1, 0.15) is 0 Å². The summed E-state index contributed by atoms with van der Waals surface area (Å²) in [6, 6.07) is 11.0. The minimum atomic E-state index is 0. The lowest BCUT2D eigenvalue weighted by atomic mass is 10.0. The number of likely N-dealkylation sites (tertiary alicyclic amines) is 1. The molecule has 3 rings (SSSR count). The minimum Gasteiger partial charge on any atom is -0.341 e. The molecule has 0 radical (unpaired) electrons. The first-order valence-corrected chi connectivity index (χ1v) is 9.23. The summed E-state index contributed by atoms with van der Waals surface area (Å²) in [5.41, 5.74) is 1.37. The molecule has 1 aromatic carbocycles. The quantitative estimate of drug-likeness (QED) is 0.855. The molecular weight excluding hydrogens is 365 g/mol. The summed E-state index contributed by atoms with van der Waals surface area (Å²) in [4.78, 5) is 16.9. The van der Waals surface area contributed by atoms with Crippen LogP contribution in [0.15, 0.2) is 30.3 Å². The molecule has 24 heavy (non-hydrogen) atoms. The predicted octanol–water partition coefficient (Wildman–Crippen LogP) is 2.62. The Bertz CT molecular complexity index is 492. The van der Waals surface area contributed by atoms with Crippen molar-refractivity contribution in [1.29, 1.82) is 0 Å². The third-order valence-electron chi connectivity index (χ3n) is 4.72. The Kier molecular flexibility index (Phi) is 9.45. The van der Waals surface area contributed by atoms with Crippen molar-refractivity contribution in [2.45, 2.75) is 31.5 Å². The Morgan fingerprint density at radius 2 is 1.92 bits per heavy atom. The van der Waals surface area contributed by atoms with Crippen LogP contribution < -0.4 is 5.32 Å². The summed E-state index contributed by atoms with van der Waals surface area (Å²) in [6.07, 6.45) is 2.16. The van der Waals surface area contributed by atoms with Crippen LogP contribution in [0.2, 0.25) is 0 Å². The molecule has 0 aliphatic carbocycles. The van der Waals surface area contributed by atoms with E-state index in [4.69, 9.17) is 0 Å². The largest absolute Gasteiger partial charge is 0.341 e. The van der Waals surface area contributed by atoms with E-state index in [1.54, 1.807) is 0 Å². The van der Waals surface area contributed by atoms with Crippen LogP contribution in [-0.4, -0.2) is 59.6 Å². The van der Waals surface area contributed by atoms with Crippen molar-refractivity contribution < 1.29 is 4.79 Å². The Balaban J connectivity index is 0.00000144. The molecule has 0 bridgehead atoms. The molecule has 4 nitrogen and oxygen atoms in total. The molecule has 2 aliphatic rings. The van der Waals surface area contributed by atoms with E-state index >= 15 is 0 Å². The van der Waals surface area contributed by atoms with E-state index in [1.807, 2.05) is 23.7 Å². The molecular formula is C17H27Cl2N3OS. The molecule has 1 amide bonds. The van der Waals surface area contributed by atoms with Crippen LogP contribution in [0.4, 0.5) is 0 Å². The monoisotopic (exact) mass is 391 g/mol. The van der Waals surface area contributed by atoms with Gasteiger partial charge < -0.3 is 4.90 Å². The second-order valence-electron chi connectivity index (χ2n) is 6.21. The minimum absolute atomic E-state index is 0. The first kappa shape index (κ1) is 21.6. The van der Waals surface area contributed by atoms with Gasteiger partial charge in [-0.15, -0.1) is 36.6 Å². The lowest BCUT2D eigenvalue weighted by Gasteiger charge is -2.37. The highest BCUT2D eigenvalue weighted by Gasteiger charge is 2.31. The third-order valence-corrected chi connectivity index (χ3v) is 5.66. The van der Waals surface area contributed by atoms with E-state index in [-0.39, 0.29) is 36.8 Å². The summed E-state index contributed by atoms with van der Waals surface area (Å²) in [6.45, 7) is 3.17. The van der Waals surface area contributed by atoms with Crippen LogP contribution in [0.5, 0.6) is 0 Å². The van der Waals surface area contributed by atoms with Crippen molar-refractivity contribution in [3.63, 3.8) is 0 Å². The lowest BCUT2D eigenvalue weighted by Crippen LogP contribution is -2.50. The number of likely N-dealkylation sites (N-methyl/N-ethyl adjacent to an activating group) is 1. The number of carbonyl (C=O) groups excluding carboxylic acids is 1. The van der Waals surface area contributed by atoms with Gasteiger partial charge in [0.05, 0.1) is 6.04 Å².